The first-order valence-corrected chi connectivity index (χ1v) is 12.4. The van der Waals surface area contributed by atoms with E-state index in [9.17, 15) is 8.42 Å². The molecule has 2 unspecified atom stereocenters. The molecule has 8 heteroatoms. The number of aromatic nitrogens is 2. The van der Waals surface area contributed by atoms with Crippen molar-refractivity contribution in [2.24, 2.45) is 18.7 Å². The highest BCUT2D eigenvalue weighted by Crippen LogP contribution is 2.39. The lowest BCUT2D eigenvalue weighted by Gasteiger charge is -2.33. The molecule has 1 aliphatic rings. The Labute approximate surface area is 189 Å². The summed E-state index contributed by atoms with van der Waals surface area (Å²) < 4.78 is 34.7. The number of nitrogens with zero attached hydrogens (tertiary/aromatic N) is 2. The minimum absolute atomic E-state index is 0.128. The summed E-state index contributed by atoms with van der Waals surface area (Å²) in [5.41, 5.74) is 10.1. The lowest BCUT2D eigenvalue weighted by Crippen LogP contribution is -2.30. The lowest BCUT2D eigenvalue weighted by atomic mass is 9.72. The second-order valence-corrected chi connectivity index (χ2v) is 9.99. The predicted molar refractivity (Wildman–Crippen MR) is 124 cm³/mol. The van der Waals surface area contributed by atoms with Crippen molar-refractivity contribution < 1.29 is 13.2 Å². The maximum Gasteiger partial charge on any atom is 0.257 e. The molecule has 0 spiro atoms. The predicted octanol–water partition coefficient (Wildman–Crippen LogP) is 2.62. The van der Waals surface area contributed by atoms with E-state index in [2.05, 4.69) is 46.1 Å². The van der Waals surface area contributed by atoms with Crippen molar-refractivity contribution in [3.05, 3.63) is 77.7 Å². The molecular weight excluding hydrogens is 424 g/mol. The zero-order valence-corrected chi connectivity index (χ0v) is 19.1. The fourth-order valence-electron chi connectivity index (χ4n) is 4.48. The molecule has 2 aromatic carbocycles. The Morgan fingerprint density at radius 1 is 1.22 bits per heavy atom. The van der Waals surface area contributed by atoms with Gasteiger partial charge in [-0.15, -0.1) is 0 Å². The van der Waals surface area contributed by atoms with Crippen LogP contribution in [0.4, 0.5) is 0 Å². The Kier molecular flexibility index (Phi) is 6.93. The summed E-state index contributed by atoms with van der Waals surface area (Å²) in [6.07, 6.45) is 5.85. The normalized spacial score (nSPS) is 18.3. The van der Waals surface area contributed by atoms with Crippen LogP contribution in [0.3, 0.4) is 0 Å². The van der Waals surface area contributed by atoms with E-state index in [1.807, 2.05) is 12.1 Å². The van der Waals surface area contributed by atoms with E-state index in [0.717, 1.165) is 25.0 Å². The van der Waals surface area contributed by atoms with Crippen LogP contribution in [0.5, 0.6) is 5.75 Å². The summed E-state index contributed by atoms with van der Waals surface area (Å²) in [5, 5.41) is 0.128. The van der Waals surface area contributed by atoms with Crippen molar-refractivity contribution in [1.29, 1.82) is 0 Å². The molecule has 0 bridgehead atoms. The van der Waals surface area contributed by atoms with Crippen LogP contribution in [0, 0.1) is 5.92 Å². The number of nitrogens with two attached hydrogens (primary N) is 1. The molecule has 4 rings (SSSR count). The van der Waals surface area contributed by atoms with Crippen LogP contribution in [0.25, 0.3) is 0 Å². The van der Waals surface area contributed by atoms with Gasteiger partial charge in [-0.25, -0.2) is 18.1 Å². The molecule has 1 heterocycles. The molecule has 1 aliphatic carbocycles. The fourth-order valence-corrected chi connectivity index (χ4v) is 5.61. The van der Waals surface area contributed by atoms with E-state index in [1.54, 1.807) is 7.05 Å². The number of rotatable bonds is 9. The summed E-state index contributed by atoms with van der Waals surface area (Å²) in [6, 6.07) is 16.7. The number of hydrogen-bond acceptors (Lipinski definition) is 5. The first kappa shape index (κ1) is 22.5. The average molecular weight is 455 g/mol. The summed E-state index contributed by atoms with van der Waals surface area (Å²) >= 11 is 0. The lowest BCUT2D eigenvalue weighted by molar-refractivity contribution is 0.319. The monoisotopic (exact) mass is 454 g/mol. The molecular formula is C24H30N4O3S. The van der Waals surface area contributed by atoms with Gasteiger partial charge in [-0.05, 0) is 66.5 Å². The highest BCUT2D eigenvalue weighted by atomic mass is 32.2. The van der Waals surface area contributed by atoms with Gasteiger partial charge >= 0.3 is 0 Å². The third kappa shape index (κ3) is 5.03. The average Bonchev–Trinajstić information content (AvgIpc) is 3.24. The van der Waals surface area contributed by atoms with Crippen molar-refractivity contribution in [1.82, 2.24) is 14.3 Å². The van der Waals surface area contributed by atoms with Gasteiger partial charge in [0.25, 0.3) is 10.0 Å². The third-order valence-corrected chi connectivity index (χ3v) is 7.71. The van der Waals surface area contributed by atoms with Crippen molar-refractivity contribution in [2.45, 2.75) is 30.2 Å². The number of hydrogen-bond donors (Lipinski definition) is 2. The Hall–Kier alpha value is -2.68. The summed E-state index contributed by atoms with van der Waals surface area (Å²) in [5.74, 6) is 1.53. The number of aryl methyl sites for hydroxylation is 2. The Morgan fingerprint density at radius 2 is 2.03 bits per heavy atom. The zero-order chi connectivity index (χ0) is 22.6. The number of fused-ring (bicyclic) bond motifs is 1. The SMILES string of the molecule is Cn1cncc1S(=O)(=O)NCCOc1ccc2c(c1)C(Cc1ccccc1)C(CN)CC2. The van der Waals surface area contributed by atoms with Crippen LogP contribution >= 0.6 is 0 Å². The van der Waals surface area contributed by atoms with E-state index < -0.39 is 10.0 Å². The minimum atomic E-state index is -3.61. The minimum Gasteiger partial charge on any atom is -0.492 e. The van der Waals surface area contributed by atoms with Crippen molar-refractivity contribution in [3.63, 3.8) is 0 Å². The summed E-state index contributed by atoms with van der Waals surface area (Å²) in [7, 11) is -1.97. The van der Waals surface area contributed by atoms with E-state index in [1.165, 1.54) is 33.8 Å². The van der Waals surface area contributed by atoms with Gasteiger partial charge in [0.15, 0.2) is 5.03 Å². The maximum absolute atomic E-state index is 12.4. The van der Waals surface area contributed by atoms with Crippen LogP contribution in [0.15, 0.2) is 66.1 Å². The second-order valence-electron chi connectivity index (χ2n) is 8.28. The van der Waals surface area contributed by atoms with Gasteiger partial charge in [0.2, 0.25) is 0 Å². The van der Waals surface area contributed by atoms with Gasteiger partial charge in [-0.2, -0.15) is 0 Å². The standard InChI is InChI=1S/C24H30N4O3S/c1-28-17-26-16-24(28)32(29,30)27-11-12-31-21-10-9-19-7-8-20(15-25)22(23(19)14-21)13-18-5-3-2-4-6-18/h2-6,9-10,14,16-17,20,22,27H,7-8,11-13,15,25H2,1H3. The van der Waals surface area contributed by atoms with Crippen molar-refractivity contribution in [2.75, 3.05) is 19.7 Å². The molecule has 0 amide bonds. The van der Waals surface area contributed by atoms with E-state index in [0.29, 0.717) is 18.4 Å². The molecule has 170 valence electrons. The van der Waals surface area contributed by atoms with Crippen molar-refractivity contribution >= 4 is 10.0 Å². The molecule has 0 fully saturated rings. The quantitative estimate of drug-likeness (QED) is 0.484. The fraction of sp³-hybridized carbons (Fsp3) is 0.375. The van der Waals surface area contributed by atoms with Crippen LogP contribution < -0.4 is 15.2 Å². The van der Waals surface area contributed by atoms with Gasteiger partial charge in [-0.1, -0.05) is 36.4 Å². The highest BCUT2D eigenvalue weighted by molar-refractivity contribution is 7.89. The largest absolute Gasteiger partial charge is 0.492 e. The number of sulfonamides is 1. The summed E-state index contributed by atoms with van der Waals surface area (Å²) in [6.45, 7) is 1.07. The van der Waals surface area contributed by atoms with Gasteiger partial charge in [0.05, 0.1) is 12.5 Å². The maximum atomic E-state index is 12.4. The molecule has 0 aliphatic heterocycles. The van der Waals surface area contributed by atoms with E-state index in [4.69, 9.17) is 10.5 Å². The first-order chi connectivity index (χ1) is 15.5. The molecule has 2 atom stereocenters. The van der Waals surface area contributed by atoms with Gasteiger partial charge in [0, 0.05) is 13.6 Å². The van der Waals surface area contributed by atoms with Crippen LogP contribution in [-0.2, 0) is 29.9 Å². The second kappa shape index (κ2) is 9.85. The Morgan fingerprint density at radius 3 is 2.75 bits per heavy atom. The van der Waals surface area contributed by atoms with E-state index in [-0.39, 0.29) is 18.2 Å². The van der Waals surface area contributed by atoms with Crippen molar-refractivity contribution in [3.8, 4) is 5.75 Å². The molecule has 3 aromatic rings. The molecule has 1 aromatic heterocycles. The Bertz CT molecular complexity index is 1150. The number of nitrogens with one attached hydrogen (secondary N) is 1. The molecule has 32 heavy (non-hydrogen) atoms. The Balaban J connectivity index is 1.43. The molecule has 0 saturated heterocycles. The highest BCUT2D eigenvalue weighted by Gasteiger charge is 2.29. The number of imidazole rings is 1. The molecule has 3 N–H and O–H groups in total. The smallest absolute Gasteiger partial charge is 0.257 e. The van der Waals surface area contributed by atoms with Gasteiger partial charge in [-0.3, -0.25) is 0 Å². The zero-order valence-electron chi connectivity index (χ0n) is 18.3. The topological polar surface area (TPSA) is 99.2 Å². The van der Waals surface area contributed by atoms with Crippen LogP contribution in [-0.4, -0.2) is 37.7 Å². The first-order valence-electron chi connectivity index (χ1n) is 10.9. The third-order valence-electron chi connectivity index (χ3n) is 6.18. The van der Waals surface area contributed by atoms with E-state index >= 15 is 0 Å². The van der Waals surface area contributed by atoms with Crippen LogP contribution in [0.1, 0.15) is 29.0 Å². The van der Waals surface area contributed by atoms with Gasteiger partial charge in [0.1, 0.15) is 12.4 Å². The number of benzene rings is 2. The molecule has 0 radical (unpaired) electrons. The molecule has 0 saturated carbocycles. The molecule has 7 nitrogen and oxygen atoms in total. The number of ether oxygens (including phenoxy) is 1. The summed E-state index contributed by atoms with van der Waals surface area (Å²) in [4.78, 5) is 3.86. The van der Waals surface area contributed by atoms with Crippen LogP contribution in [0.2, 0.25) is 0 Å². The van der Waals surface area contributed by atoms with Gasteiger partial charge < -0.3 is 15.0 Å².